The molecule has 1 aromatic heterocycles. The number of pyridine rings is 1. The normalized spacial score (nSPS) is 18.5. The van der Waals surface area contributed by atoms with E-state index < -0.39 is 0 Å². The summed E-state index contributed by atoms with van der Waals surface area (Å²) in [6, 6.07) is 10.0. The highest BCUT2D eigenvalue weighted by atomic mass is 19.1. The molecule has 0 aliphatic carbocycles. The molecule has 2 aromatic rings. The van der Waals surface area contributed by atoms with Gasteiger partial charge in [0.05, 0.1) is 6.04 Å². The fourth-order valence-corrected chi connectivity index (χ4v) is 2.77. The van der Waals surface area contributed by atoms with E-state index >= 15 is 0 Å². The van der Waals surface area contributed by atoms with Crippen LogP contribution in [-0.4, -0.2) is 30.5 Å². The molecule has 5 heteroatoms. The Morgan fingerprint density at radius 1 is 1.27 bits per heavy atom. The Morgan fingerprint density at radius 3 is 2.77 bits per heavy atom. The lowest BCUT2D eigenvalue weighted by Crippen LogP contribution is -2.50. The van der Waals surface area contributed by atoms with E-state index in [0.717, 1.165) is 12.8 Å². The molecule has 4 nitrogen and oxygen atoms in total. The van der Waals surface area contributed by atoms with Gasteiger partial charge in [-0.15, -0.1) is 0 Å². The lowest BCUT2D eigenvalue weighted by Gasteiger charge is -2.31. The van der Waals surface area contributed by atoms with Crippen molar-refractivity contribution in [2.45, 2.75) is 18.9 Å². The average Bonchev–Trinajstić information content (AvgIpc) is 2.56. The van der Waals surface area contributed by atoms with E-state index in [4.69, 9.17) is 0 Å². The van der Waals surface area contributed by atoms with E-state index in [9.17, 15) is 9.18 Å². The molecule has 1 aromatic carbocycles. The third-order valence-electron chi connectivity index (χ3n) is 4.00. The number of carbonyl (C=O) groups is 1. The first-order valence-corrected chi connectivity index (χ1v) is 7.40. The third-order valence-corrected chi connectivity index (χ3v) is 4.00. The molecule has 0 saturated carbocycles. The number of likely N-dealkylation sites (N-methyl/N-ethyl adjacent to an activating group) is 1. The molecule has 1 saturated heterocycles. The molecule has 114 valence electrons. The zero-order valence-electron chi connectivity index (χ0n) is 12.4. The Balaban J connectivity index is 1.85. The summed E-state index contributed by atoms with van der Waals surface area (Å²) in [5, 5.41) is 3.03. The second kappa shape index (κ2) is 6.23. The van der Waals surface area contributed by atoms with Crippen molar-refractivity contribution >= 4 is 11.7 Å². The predicted molar refractivity (Wildman–Crippen MR) is 84.1 cm³/mol. The number of benzene rings is 1. The minimum Gasteiger partial charge on any atom is -0.309 e. The van der Waals surface area contributed by atoms with Gasteiger partial charge >= 0.3 is 0 Å². The van der Waals surface area contributed by atoms with Gasteiger partial charge < -0.3 is 5.32 Å². The largest absolute Gasteiger partial charge is 0.309 e. The van der Waals surface area contributed by atoms with Crippen molar-refractivity contribution < 1.29 is 9.18 Å². The fraction of sp³-hybridized carbons (Fsp3) is 0.294. The first-order chi connectivity index (χ1) is 10.7. The summed E-state index contributed by atoms with van der Waals surface area (Å²) in [6.07, 6.45) is 3.40. The van der Waals surface area contributed by atoms with Gasteiger partial charge in [0.15, 0.2) is 0 Å². The van der Waals surface area contributed by atoms with Crippen LogP contribution < -0.4 is 10.2 Å². The van der Waals surface area contributed by atoms with Gasteiger partial charge in [0.1, 0.15) is 11.6 Å². The van der Waals surface area contributed by atoms with Crippen molar-refractivity contribution in [3.63, 3.8) is 0 Å². The maximum absolute atomic E-state index is 13.8. The topological polar surface area (TPSA) is 45.2 Å². The van der Waals surface area contributed by atoms with Crippen LogP contribution in [0.2, 0.25) is 0 Å². The van der Waals surface area contributed by atoms with E-state index in [0.29, 0.717) is 23.5 Å². The Bertz CT molecular complexity index is 672. The lowest BCUT2D eigenvalue weighted by molar-refractivity contribution is -0.121. The lowest BCUT2D eigenvalue weighted by atomic mass is 10.0. The number of rotatable bonds is 3. The maximum atomic E-state index is 13.8. The first-order valence-electron chi connectivity index (χ1n) is 7.40. The number of piperidine rings is 1. The van der Waals surface area contributed by atoms with Crippen LogP contribution in [-0.2, 0) is 4.79 Å². The number of hydrogen-bond donors (Lipinski definition) is 1. The predicted octanol–water partition coefficient (Wildman–Crippen LogP) is 2.60. The number of nitrogens with zero attached hydrogens (tertiary/aromatic N) is 2. The Kier molecular flexibility index (Phi) is 4.15. The minimum atomic E-state index is -0.277. The highest BCUT2D eigenvalue weighted by Gasteiger charge is 2.28. The van der Waals surface area contributed by atoms with Gasteiger partial charge in [0.25, 0.3) is 0 Å². The quantitative estimate of drug-likeness (QED) is 0.947. The maximum Gasteiger partial charge on any atom is 0.245 e. The van der Waals surface area contributed by atoms with Crippen LogP contribution in [0.4, 0.5) is 10.2 Å². The summed E-state index contributed by atoms with van der Waals surface area (Å²) in [6.45, 7) is 0.670. The number of anilines is 1. The molecule has 1 aliphatic rings. The standard InChI is InChI=1S/C17H18FN3O/c1-19-15-7-4-10-21(17(15)22)16-9-8-12(11-20-16)13-5-2-3-6-14(13)18/h2-3,5-6,8-9,11,15,19H,4,7,10H2,1H3. The van der Waals surface area contributed by atoms with Crippen molar-refractivity contribution in [1.82, 2.24) is 10.3 Å². The molecule has 1 unspecified atom stereocenters. The highest BCUT2D eigenvalue weighted by Crippen LogP contribution is 2.25. The Morgan fingerprint density at radius 2 is 2.09 bits per heavy atom. The summed E-state index contributed by atoms with van der Waals surface area (Å²) >= 11 is 0. The number of hydrogen-bond acceptors (Lipinski definition) is 3. The van der Waals surface area contributed by atoms with Crippen LogP contribution >= 0.6 is 0 Å². The number of nitrogens with one attached hydrogen (secondary N) is 1. The molecule has 3 rings (SSSR count). The highest BCUT2D eigenvalue weighted by molar-refractivity contribution is 5.97. The average molecular weight is 299 g/mol. The Hall–Kier alpha value is -2.27. The van der Waals surface area contributed by atoms with Crippen LogP contribution in [0, 0.1) is 5.82 Å². The van der Waals surface area contributed by atoms with Gasteiger partial charge in [-0.2, -0.15) is 0 Å². The molecule has 1 atom stereocenters. The molecule has 0 radical (unpaired) electrons. The SMILES string of the molecule is CNC1CCCN(c2ccc(-c3ccccc3F)cn2)C1=O. The second-order valence-electron chi connectivity index (χ2n) is 5.36. The van der Waals surface area contributed by atoms with Gasteiger partial charge in [0.2, 0.25) is 5.91 Å². The van der Waals surface area contributed by atoms with Crippen LogP contribution in [0.1, 0.15) is 12.8 Å². The van der Waals surface area contributed by atoms with Crippen LogP contribution in [0.15, 0.2) is 42.6 Å². The van der Waals surface area contributed by atoms with E-state index in [1.165, 1.54) is 6.07 Å². The van der Waals surface area contributed by atoms with Crippen molar-refractivity contribution in [2.75, 3.05) is 18.5 Å². The molecule has 1 N–H and O–H groups in total. The summed E-state index contributed by atoms with van der Waals surface area (Å²) in [7, 11) is 1.79. The number of halogens is 1. The van der Waals surface area contributed by atoms with E-state index in [-0.39, 0.29) is 17.8 Å². The van der Waals surface area contributed by atoms with Gasteiger partial charge in [-0.05, 0) is 38.1 Å². The van der Waals surface area contributed by atoms with Gasteiger partial charge in [-0.25, -0.2) is 9.37 Å². The third kappa shape index (κ3) is 2.72. The summed E-state index contributed by atoms with van der Waals surface area (Å²) in [5.41, 5.74) is 1.22. The monoisotopic (exact) mass is 299 g/mol. The van der Waals surface area contributed by atoms with Crippen LogP contribution in [0.25, 0.3) is 11.1 Å². The first kappa shape index (κ1) is 14.7. The molecule has 1 aliphatic heterocycles. The molecular weight excluding hydrogens is 281 g/mol. The van der Waals surface area contributed by atoms with Gasteiger partial charge in [-0.1, -0.05) is 18.2 Å². The molecular formula is C17H18FN3O. The summed E-state index contributed by atoms with van der Waals surface area (Å²) < 4.78 is 13.8. The molecule has 1 amide bonds. The molecule has 22 heavy (non-hydrogen) atoms. The van der Waals surface area contributed by atoms with Gasteiger partial charge in [0, 0.05) is 23.9 Å². The van der Waals surface area contributed by atoms with Crippen LogP contribution in [0.5, 0.6) is 0 Å². The van der Waals surface area contributed by atoms with E-state index in [1.807, 2.05) is 0 Å². The zero-order chi connectivity index (χ0) is 15.5. The molecule has 2 heterocycles. The van der Waals surface area contributed by atoms with Crippen molar-refractivity contribution in [2.24, 2.45) is 0 Å². The number of carbonyl (C=O) groups excluding carboxylic acids is 1. The van der Waals surface area contributed by atoms with Crippen molar-refractivity contribution in [3.8, 4) is 11.1 Å². The van der Waals surface area contributed by atoms with Crippen LogP contribution in [0.3, 0.4) is 0 Å². The summed E-state index contributed by atoms with van der Waals surface area (Å²) in [5.74, 6) is 0.381. The van der Waals surface area contributed by atoms with Gasteiger partial charge in [-0.3, -0.25) is 9.69 Å². The minimum absolute atomic E-state index is 0.0416. The Labute approximate surface area is 129 Å². The van der Waals surface area contributed by atoms with Crippen molar-refractivity contribution in [1.29, 1.82) is 0 Å². The number of amides is 1. The van der Waals surface area contributed by atoms with Crippen molar-refractivity contribution in [3.05, 3.63) is 48.4 Å². The number of aromatic nitrogens is 1. The van der Waals surface area contributed by atoms with E-state index in [1.54, 1.807) is 48.5 Å². The summed E-state index contributed by atoms with van der Waals surface area (Å²) in [4.78, 5) is 18.4. The molecule has 0 spiro atoms. The fourth-order valence-electron chi connectivity index (χ4n) is 2.77. The second-order valence-corrected chi connectivity index (χ2v) is 5.36. The van der Waals surface area contributed by atoms with E-state index in [2.05, 4.69) is 10.3 Å². The molecule has 1 fully saturated rings. The molecule has 0 bridgehead atoms. The zero-order valence-corrected chi connectivity index (χ0v) is 12.4. The smallest absolute Gasteiger partial charge is 0.245 e.